The van der Waals surface area contributed by atoms with Gasteiger partial charge in [-0.3, -0.25) is 15.0 Å². The van der Waals surface area contributed by atoms with E-state index in [1.165, 1.54) is 13.0 Å². The number of nitrogens with one attached hydrogen (secondary N) is 1. The molecule has 5 nitrogen and oxygen atoms in total. The number of hydrogen-bond acceptors (Lipinski definition) is 3. The number of hydrogen-bond donors (Lipinski definition) is 1. The van der Waals surface area contributed by atoms with E-state index >= 15 is 0 Å². The molecular weight excluding hydrogens is 429 g/mol. The quantitative estimate of drug-likeness (QED) is 0.401. The molecule has 12 heteroatoms. The summed E-state index contributed by atoms with van der Waals surface area (Å²) >= 11 is 22.5. The van der Waals surface area contributed by atoms with Gasteiger partial charge in [-0.15, -0.1) is 0 Å². The summed E-state index contributed by atoms with van der Waals surface area (Å²) in [5, 5.41) is 1.94. The molecule has 0 saturated carbocycles. The van der Waals surface area contributed by atoms with Crippen LogP contribution in [0.5, 0.6) is 0 Å². The van der Waals surface area contributed by atoms with Crippen molar-refractivity contribution in [2.45, 2.75) is 34.4 Å². The molecule has 0 aromatic heterocycles. The van der Waals surface area contributed by atoms with Gasteiger partial charge < -0.3 is 0 Å². The molecule has 2 unspecified atom stereocenters. The normalized spacial score (nSPS) is 27.6. The molecule has 1 heterocycles. The molecule has 1 fully saturated rings. The number of amides is 3. The van der Waals surface area contributed by atoms with E-state index in [2.05, 4.69) is 4.99 Å². The van der Waals surface area contributed by atoms with E-state index in [1.807, 2.05) is 5.32 Å². The lowest BCUT2D eigenvalue weighted by atomic mass is 9.86. The van der Waals surface area contributed by atoms with E-state index < -0.39 is 50.8 Å². The lowest BCUT2D eigenvalue weighted by molar-refractivity contribution is -0.113. The third-order valence-corrected chi connectivity index (χ3v) is 4.90. The predicted molar refractivity (Wildman–Crippen MR) is 89.0 cm³/mol. The largest absolute Gasteiger partial charge is 0.412 e. The summed E-state index contributed by atoms with van der Waals surface area (Å²) in [6.07, 6.45) is -1.80. The zero-order chi connectivity index (χ0) is 19.2. The number of alkyl halides is 7. The highest BCUT2D eigenvalue weighted by Crippen LogP contribution is 2.39. The highest BCUT2D eigenvalue weighted by Gasteiger charge is 2.49. The second kappa shape index (κ2) is 6.64. The molecule has 1 aliphatic carbocycles. The van der Waals surface area contributed by atoms with Crippen molar-refractivity contribution in [3.63, 3.8) is 0 Å². The number of nitrogens with zero attached hydrogens (tertiary/aromatic N) is 2. The molecule has 0 aromatic carbocycles. The fourth-order valence-corrected chi connectivity index (χ4v) is 2.64. The number of rotatable bonds is 2. The zero-order valence-corrected chi connectivity index (χ0v) is 15.4. The Morgan fingerprint density at radius 2 is 1.92 bits per heavy atom. The van der Waals surface area contributed by atoms with Gasteiger partial charge in [0, 0.05) is 12.0 Å². The van der Waals surface area contributed by atoms with Gasteiger partial charge in [-0.05, 0) is 6.92 Å². The van der Waals surface area contributed by atoms with E-state index in [0.29, 0.717) is 0 Å². The van der Waals surface area contributed by atoms with E-state index in [1.54, 1.807) is 0 Å². The SMILES string of the molecule is CC1(N2C(=O)NC(=O)C2=NC(Cl)C(Cl)(Cl)Cl)C=CC=C(C(F)(F)F)C1. The smallest absolute Gasteiger partial charge is 0.271 e. The monoisotopic (exact) mass is 437 g/mol. The molecule has 2 rings (SSSR count). The molecule has 25 heavy (non-hydrogen) atoms. The van der Waals surface area contributed by atoms with Crippen LogP contribution in [0.4, 0.5) is 18.0 Å². The summed E-state index contributed by atoms with van der Waals surface area (Å²) in [6, 6.07) is -0.951. The van der Waals surface area contributed by atoms with Crippen LogP contribution >= 0.6 is 46.4 Å². The minimum absolute atomic E-state index is 0.535. The molecule has 1 aliphatic heterocycles. The highest BCUT2D eigenvalue weighted by molar-refractivity contribution is 6.70. The maximum absolute atomic E-state index is 13.0. The fraction of sp³-hybridized carbons (Fsp3) is 0.462. The van der Waals surface area contributed by atoms with Crippen LogP contribution in [0.25, 0.3) is 0 Å². The molecule has 1 N–H and O–H groups in total. The molecule has 0 bridgehead atoms. The third-order valence-electron chi connectivity index (χ3n) is 3.52. The summed E-state index contributed by atoms with van der Waals surface area (Å²) < 4.78 is 37.0. The number of imide groups is 1. The van der Waals surface area contributed by atoms with Crippen LogP contribution in [0.2, 0.25) is 0 Å². The van der Waals surface area contributed by atoms with Crippen LogP contribution in [0.3, 0.4) is 0 Å². The van der Waals surface area contributed by atoms with Crippen molar-refractivity contribution in [2.75, 3.05) is 0 Å². The van der Waals surface area contributed by atoms with Gasteiger partial charge in [0.1, 0.15) is 0 Å². The summed E-state index contributed by atoms with van der Waals surface area (Å²) in [5.41, 5.74) is -3.92. The molecule has 138 valence electrons. The lowest BCUT2D eigenvalue weighted by Gasteiger charge is -2.37. The lowest BCUT2D eigenvalue weighted by Crippen LogP contribution is -2.51. The number of allylic oxidation sites excluding steroid dienone is 2. The minimum atomic E-state index is -4.59. The molecule has 1 saturated heterocycles. The van der Waals surface area contributed by atoms with E-state index in [4.69, 9.17) is 46.4 Å². The zero-order valence-electron chi connectivity index (χ0n) is 12.4. The number of amidine groups is 1. The van der Waals surface area contributed by atoms with E-state index in [-0.39, 0.29) is 0 Å². The topological polar surface area (TPSA) is 61.8 Å². The van der Waals surface area contributed by atoms with E-state index in [0.717, 1.165) is 17.1 Å². The number of halogens is 7. The average molecular weight is 439 g/mol. The van der Waals surface area contributed by atoms with Crippen LogP contribution in [0, 0.1) is 0 Å². The van der Waals surface area contributed by atoms with Gasteiger partial charge in [-0.2, -0.15) is 13.2 Å². The van der Waals surface area contributed by atoms with Crippen molar-refractivity contribution in [1.82, 2.24) is 10.2 Å². The molecule has 0 spiro atoms. The average Bonchev–Trinajstić information content (AvgIpc) is 2.71. The van der Waals surface area contributed by atoms with Gasteiger partial charge in [0.05, 0.1) is 5.54 Å². The van der Waals surface area contributed by atoms with Crippen LogP contribution in [-0.4, -0.2) is 43.7 Å². The third kappa shape index (κ3) is 4.24. The summed E-state index contributed by atoms with van der Waals surface area (Å²) in [6.45, 7) is 1.34. The summed E-state index contributed by atoms with van der Waals surface area (Å²) in [7, 11) is 0. The summed E-state index contributed by atoms with van der Waals surface area (Å²) in [5.74, 6) is -1.49. The Morgan fingerprint density at radius 1 is 1.32 bits per heavy atom. The second-order valence-electron chi connectivity index (χ2n) is 5.51. The Morgan fingerprint density at radius 3 is 2.44 bits per heavy atom. The Labute approximate surface area is 160 Å². The first kappa shape index (κ1) is 20.4. The van der Waals surface area contributed by atoms with Crippen LogP contribution in [-0.2, 0) is 4.79 Å². The fourth-order valence-electron chi connectivity index (χ4n) is 2.40. The van der Waals surface area contributed by atoms with Crippen molar-refractivity contribution < 1.29 is 22.8 Å². The Kier molecular flexibility index (Phi) is 5.41. The minimum Gasteiger partial charge on any atom is -0.271 e. The number of carbonyl (C=O) groups excluding carboxylic acids is 2. The Hall–Kier alpha value is -0.960. The standard InChI is InChI=1S/C13H10Cl4F3N3O2/c1-11(4-2-3-6(5-11)13(18,19)20)23-7(8(24)22-10(23)25)21-9(14)12(15,16)17/h2-4,9H,5H2,1H3,(H,22,24,25). The van der Waals surface area contributed by atoms with Gasteiger partial charge in [0.15, 0.2) is 5.50 Å². The van der Waals surface area contributed by atoms with Crippen molar-refractivity contribution in [1.29, 1.82) is 0 Å². The molecular formula is C13H10Cl4F3N3O2. The van der Waals surface area contributed by atoms with Gasteiger partial charge >= 0.3 is 12.2 Å². The summed E-state index contributed by atoms with van der Waals surface area (Å²) in [4.78, 5) is 28.6. The second-order valence-corrected chi connectivity index (χ2v) is 8.29. The first-order chi connectivity index (χ1) is 11.3. The molecule has 0 aromatic rings. The first-order valence-electron chi connectivity index (χ1n) is 6.65. The Balaban J connectivity index is 2.43. The van der Waals surface area contributed by atoms with Crippen LogP contribution < -0.4 is 5.32 Å². The first-order valence-corrected chi connectivity index (χ1v) is 8.22. The van der Waals surface area contributed by atoms with Gasteiger partial charge in [-0.25, -0.2) is 9.79 Å². The maximum Gasteiger partial charge on any atom is 0.412 e. The number of aliphatic imine (C=N–C) groups is 1. The van der Waals surface area contributed by atoms with Crippen molar-refractivity contribution >= 4 is 64.2 Å². The molecule has 3 amide bonds. The van der Waals surface area contributed by atoms with Crippen molar-refractivity contribution in [3.05, 3.63) is 23.8 Å². The van der Waals surface area contributed by atoms with E-state index in [9.17, 15) is 22.8 Å². The maximum atomic E-state index is 13.0. The van der Waals surface area contributed by atoms with Crippen LogP contribution in [0.1, 0.15) is 13.3 Å². The van der Waals surface area contributed by atoms with Gasteiger partial charge in [-0.1, -0.05) is 64.6 Å². The van der Waals surface area contributed by atoms with Gasteiger partial charge in [0.2, 0.25) is 9.63 Å². The molecule has 2 aliphatic rings. The predicted octanol–water partition coefficient (Wildman–Crippen LogP) is 4.08. The van der Waals surface area contributed by atoms with Gasteiger partial charge in [0.25, 0.3) is 5.91 Å². The number of carbonyl (C=O) groups is 2. The molecule has 0 radical (unpaired) electrons. The Bertz CT molecular complexity index is 700. The van der Waals surface area contributed by atoms with Crippen molar-refractivity contribution in [2.24, 2.45) is 4.99 Å². The number of urea groups is 1. The highest BCUT2D eigenvalue weighted by atomic mass is 35.6. The molecule has 2 atom stereocenters. The van der Waals surface area contributed by atoms with Crippen molar-refractivity contribution in [3.8, 4) is 0 Å². The van der Waals surface area contributed by atoms with Crippen LogP contribution in [0.15, 0.2) is 28.8 Å².